The maximum absolute atomic E-state index is 16.6. The van der Waals surface area contributed by atoms with Crippen LogP contribution in [0.4, 0.5) is 21.2 Å². The van der Waals surface area contributed by atoms with Crippen molar-refractivity contribution < 1.29 is 24.5 Å². The number of carbonyl (C=O) groups is 2. The molecule has 0 bridgehead atoms. The van der Waals surface area contributed by atoms with E-state index in [0.29, 0.717) is 98.0 Å². The minimum absolute atomic E-state index is 0.0251. The van der Waals surface area contributed by atoms with Crippen molar-refractivity contribution in [2.24, 2.45) is 0 Å². The number of hydrazine groups is 1. The normalized spacial score (nSPS) is 11.9. The van der Waals surface area contributed by atoms with Crippen molar-refractivity contribution in [3.63, 3.8) is 0 Å². The first-order valence-corrected chi connectivity index (χ1v) is 35.1. The first kappa shape index (κ1) is 70.0. The number of hydrogen-bond acceptors (Lipinski definition) is 15. The summed E-state index contributed by atoms with van der Waals surface area (Å²) in [7, 11) is 8.02. The number of ether oxygens (including phenoxy) is 1. The van der Waals surface area contributed by atoms with Crippen LogP contribution in [0.5, 0.6) is 17.2 Å². The highest BCUT2D eigenvalue weighted by molar-refractivity contribution is 7.99. The summed E-state index contributed by atoms with van der Waals surface area (Å²) in [5, 5.41) is 59.7. The lowest BCUT2D eigenvalue weighted by molar-refractivity contribution is 0.0456. The van der Waals surface area contributed by atoms with Crippen molar-refractivity contribution in [3.05, 3.63) is 220 Å². The van der Waals surface area contributed by atoms with E-state index in [-0.39, 0.29) is 24.6 Å². The van der Waals surface area contributed by atoms with E-state index < -0.39 is 22.9 Å². The number of carbonyl (C=O) groups excluding carboxylic acids is 2. The lowest BCUT2D eigenvalue weighted by atomic mass is 9.87. The molecular weight excluding hydrogens is 1340 g/mol. The van der Waals surface area contributed by atoms with E-state index in [0.717, 1.165) is 55.1 Å². The Morgan fingerprint density at radius 1 is 0.530 bits per heavy atom. The molecule has 0 radical (unpaired) electrons. The summed E-state index contributed by atoms with van der Waals surface area (Å²) in [6, 6.07) is 50.7. The molecule has 0 aliphatic carbocycles. The first-order valence-electron chi connectivity index (χ1n) is 32.7. The van der Waals surface area contributed by atoms with Gasteiger partial charge < -0.3 is 24.7 Å². The standard InChI is InChI=1S/C75H78Cl2N16O5S2/c1-11-74(3,4)64-41-68(92(84-64)51-22-17-19-48(37-51)43-87(9)10)78-72(96)90(44-49-20-13-15-25-62(49)99-56-29-33-66-80-82-70(88(66)46-56)58-39-53(94)27-31-60(58)76)91(73(97)79-69-42-65(75(5,6)12-2)85-93(69)52-23-18-24-55(38-52)98-36-35-86(7)8)45-50-21-14-16-26-63(50)100-57-30-34-67-81-83-71(89(67)47-57)59-40-54(95)28-32-61(59)77/h13-34,37-42,46-47,94-95H,11-12,35-36,43-45H2,1-10H3,(H,78,96)(H,79,97). The van der Waals surface area contributed by atoms with E-state index in [1.807, 2.05) is 176 Å². The molecule has 6 aromatic heterocycles. The molecule has 25 heteroatoms. The van der Waals surface area contributed by atoms with Gasteiger partial charge in [0.25, 0.3) is 0 Å². The van der Waals surface area contributed by atoms with Gasteiger partial charge in [0.05, 0.1) is 45.9 Å². The number of nitrogens with one attached hydrogen (secondary N) is 2. The molecule has 6 heterocycles. The number of phenols is 2. The second-order valence-corrected chi connectivity index (χ2v) is 29.2. The summed E-state index contributed by atoms with van der Waals surface area (Å²) in [5.41, 5.74) is 6.53. The third-order valence-electron chi connectivity index (χ3n) is 17.5. The number of benzene rings is 6. The fourth-order valence-electron chi connectivity index (χ4n) is 11.1. The highest BCUT2D eigenvalue weighted by Crippen LogP contribution is 2.39. The molecule has 12 aromatic rings. The number of aromatic nitrogens is 10. The van der Waals surface area contributed by atoms with Crippen LogP contribution in [0.25, 0.3) is 45.4 Å². The largest absolute Gasteiger partial charge is 0.508 e. The lowest BCUT2D eigenvalue weighted by Gasteiger charge is -2.35. The summed E-state index contributed by atoms with van der Waals surface area (Å²) in [5.74, 6) is 2.26. The third kappa shape index (κ3) is 15.7. The minimum atomic E-state index is -0.659. The van der Waals surface area contributed by atoms with Crippen LogP contribution in [-0.4, -0.2) is 132 Å². The average molecular weight is 1420 g/mol. The van der Waals surface area contributed by atoms with Gasteiger partial charge in [0, 0.05) is 85.2 Å². The quantitative estimate of drug-likeness (QED) is 0.0414. The average Bonchev–Trinajstić information content (AvgIpc) is 1.59. The van der Waals surface area contributed by atoms with E-state index >= 15 is 9.59 Å². The topological polar surface area (TPSA) is 217 Å². The number of pyridine rings is 2. The highest BCUT2D eigenvalue weighted by Gasteiger charge is 2.34. The number of aromatic hydroxyl groups is 2. The Morgan fingerprint density at radius 3 is 1.47 bits per heavy atom. The van der Waals surface area contributed by atoms with Gasteiger partial charge in [0.15, 0.2) is 22.9 Å². The molecule has 100 heavy (non-hydrogen) atoms. The second-order valence-electron chi connectivity index (χ2n) is 26.1. The van der Waals surface area contributed by atoms with Crippen LogP contribution >= 0.6 is 46.7 Å². The number of phenolic OH excluding ortho intramolecular Hbond substituents is 2. The predicted molar refractivity (Wildman–Crippen MR) is 396 cm³/mol. The van der Waals surface area contributed by atoms with Gasteiger partial charge in [0.2, 0.25) is 0 Å². The fourth-order valence-corrected chi connectivity index (χ4v) is 13.4. The van der Waals surface area contributed by atoms with Crippen LogP contribution in [0.3, 0.4) is 0 Å². The van der Waals surface area contributed by atoms with E-state index in [4.69, 9.17) is 38.1 Å². The van der Waals surface area contributed by atoms with Crippen molar-refractivity contribution >= 4 is 81.7 Å². The van der Waals surface area contributed by atoms with Crippen LogP contribution in [0.2, 0.25) is 10.0 Å². The van der Waals surface area contributed by atoms with Crippen LogP contribution in [0.1, 0.15) is 82.5 Å². The smallest absolute Gasteiger partial charge is 0.342 e. The Balaban J connectivity index is 1.01. The number of halogens is 2. The minimum Gasteiger partial charge on any atom is -0.508 e. The van der Waals surface area contributed by atoms with Crippen molar-refractivity contribution in [2.75, 3.05) is 52.0 Å². The van der Waals surface area contributed by atoms with E-state index in [1.165, 1.54) is 45.7 Å². The summed E-state index contributed by atoms with van der Waals surface area (Å²) >= 11 is 16.3. The Bertz CT molecular complexity index is 4970. The fraction of sp³-hybridized carbons (Fsp3) is 0.253. The first-order chi connectivity index (χ1) is 48.0. The van der Waals surface area contributed by atoms with E-state index in [1.54, 1.807) is 33.6 Å². The number of fused-ring (bicyclic) bond motifs is 2. The molecule has 4 amide bonds. The zero-order chi connectivity index (χ0) is 70.6. The van der Waals surface area contributed by atoms with Crippen molar-refractivity contribution in [1.29, 1.82) is 0 Å². The molecule has 21 nitrogen and oxygen atoms in total. The van der Waals surface area contributed by atoms with Crippen LogP contribution in [0.15, 0.2) is 202 Å². The maximum Gasteiger partial charge on any atom is 0.342 e. The van der Waals surface area contributed by atoms with Gasteiger partial charge in [-0.3, -0.25) is 19.4 Å². The molecule has 0 saturated heterocycles. The zero-order valence-corrected chi connectivity index (χ0v) is 60.4. The Hall–Kier alpha value is -9.88. The molecule has 4 N–H and O–H groups in total. The van der Waals surface area contributed by atoms with Crippen molar-refractivity contribution in [3.8, 4) is 51.4 Å². The summed E-state index contributed by atoms with van der Waals surface area (Å²) in [6.45, 7) is 14.2. The molecule has 0 aliphatic heterocycles. The SMILES string of the molecule is CCC(C)(C)c1cc(NC(=O)N(Cc2ccccc2Sc2ccc3nnc(-c4cc(O)ccc4Cl)n3c2)N(Cc2ccccc2Sc2ccc3nnc(-c4cc(O)ccc4Cl)n3c2)C(=O)Nc2cc(C(C)(C)CC)nn2-c2cccc(OCCN(C)C)c2)n(-c2cccc(CN(C)C)c2)n1. The van der Waals surface area contributed by atoms with Gasteiger partial charge >= 0.3 is 12.1 Å². The Kier molecular flexibility index (Phi) is 20.9. The molecule has 0 atom stereocenters. The number of anilines is 2. The molecule has 6 aromatic carbocycles. The molecule has 0 spiro atoms. The third-order valence-corrected chi connectivity index (χ3v) is 20.4. The van der Waals surface area contributed by atoms with Crippen molar-refractivity contribution in [1.82, 2.24) is 68.6 Å². The molecule has 0 aliphatic rings. The predicted octanol–water partition coefficient (Wildman–Crippen LogP) is 16.6. The Morgan fingerprint density at radius 2 is 1.00 bits per heavy atom. The summed E-state index contributed by atoms with van der Waals surface area (Å²) < 4.78 is 13.4. The Labute approximate surface area is 599 Å². The van der Waals surface area contributed by atoms with Gasteiger partial charge in [-0.05, 0) is 155 Å². The number of rotatable bonds is 24. The molecule has 12 rings (SSSR count). The number of likely N-dealkylation sites (N-methyl/N-ethyl adjacent to an activating group) is 1. The second kappa shape index (κ2) is 29.9. The maximum atomic E-state index is 16.6. The van der Waals surface area contributed by atoms with Crippen LogP contribution in [0, 0.1) is 0 Å². The lowest BCUT2D eigenvalue weighted by Crippen LogP contribution is -2.52. The van der Waals surface area contributed by atoms with Crippen molar-refractivity contribution in [2.45, 2.75) is 104 Å². The number of urea groups is 2. The van der Waals surface area contributed by atoms with E-state index in [9.17, 15) is 10.2 Å². The van der Waals surface area contributed by atoms with Crippen LogP contribution in [-0.2, 0) is 30.5 Å². The molecule has 514 valence electrons. The number of amides is 4. The zero-order valence-electron chi connectivity index (χ0n) is 57.2. The van der Waals surface area contributed by atoms with Gasteiger partial charge in [-0.15, -0.1) is 20.4 Å². The molecular formula is C75H78Cl2N16O5S2. The number of nitrogens with zero attached hydrogens (tertiary/aromatic N) is 14. The van der Waals surface area contributed by atoms with Gasteiger partial charge in [-0.1, -0.05) is 143 Å². The monoisotopic (exact) mass is 1420 g/mol. The summed E-state index contributed by atoms with van der Waals surface area (Å²) in [4.78, 5) is 40.4. The highest BCUT2D eigenvalue weighted by atomic mass is 35.5. The van der Waals surface area contributed by atoms with E-state index in [2.05, 4.69) is 89.6 Å². The number of hydrogen-bond donors (Lipinski definition) is 4. The molecule has 0 unspecified atom stereocenters. The molecule has 0 saturated carbocycles. The van der Waals surface area contributed by atoms with Gasteiger partial charge in [-0.2, -0.15) is 10.2 Å². The van der Waals surface area contributed by atoms with Gasteiger partial charge in [-0.25, -0.2) is 29.0 Å². The van der Waals surface area contributed by atoms with Crippen LogP contribution < -0.4 is 15.4 Å². The summed E-state index contributed by atoms with van der Waals surface area (Å²) in [6.07, 6.45) is 5.30. The van der Waals surface area contributed by atoms with Gasteiger partial charge in [0.1, 0.15) is 35.5 Å². The molecule has 0 fully saturated rings.